The molecule has 0 radical (unpaired) electrons. The van der Waals surface area contributed by atoms with Gasteiger partial charge in [0.1, 0.15) is 0 Å². The van der Waals surface area contributed by atoms with Crippen LogP contribution in [0.5, 0.6) is 11.5 Å². The summed E-state index contributed by atoms with van der Waals surface area (Å²) in [6, 6.07) is 4.94. The molecule has 0 aromatic heterocycles. The van der Waals surface area contributed by atoms with Crippen molar-refractivity contribution in [3.63, 3.8) is 0 Å². The van der Waals surface area contributed by atoms with Gasteiger partial charge >= 0.3 is 0 Å². The molecule has 33 heavy (non-hydrogen) atoms. The highest BCUT2D eigenvalue weighted by molar-refractivity contribution is 6.23. The van der Waals surface area contributed by atoms with Crippen molar-refractivity contribution in [3.05, 3.63) is 58.2 Å². The molecule has 0 spiro atoms. The van der Waals surface area contributed by atoms with Crippen LogP contribution >= 0.6 is 0 Å². The average molecular weight is 447 g/mol. The number of amides is 2. The highest BCUT2D eigenvalue weighted by atomic mass is 16.5. The summed E-state index contributed by atoms with van der Waals surface area (Å²) >= 11 is 0. The fourth-order valence-electron chi connectivity index (χ4n) is 5.88. The zero-order chi connectivity index (χ0) is 23.6. The second-order valence-corrected chi connectivity index (χ2v) is 9.12. The Morgan fingerprint density at radius 1 is 1.12 bits per heavy atom. The third-order valence-corrected chi connectivity index (χ3v) is 7.40. The monoisotopic (exact) mass is 447 g/mol. The van der Waals surface area contributed by atoms with Crippen molar-refractivity contribution < 1.29 is 29.0 Å². The number of fused-ring (bicyclic) bond motifs is 3. The average Bonchev–Trinajstić information content (AvgIpc) is 3.02. The van der Waals surface area contributed by atoms with Gasteiger partial charge in [0.15, 0.2) is 23.1 Å². The van der Waals surface area contributed by atoms with Crippen molar-refractivity contribution in [2.24, 2.45) is 17.8 Å². The Bertz CT molecular complexity index is 1220. The maximum atomic E-state index is 13.3. The second-order valence-electron chi connectivity index (χ2n) is 9.12. The SMILES string of the molecule is CCOc1cc(C2C3=CCC4C(=O)N(C)C(=O)C4C3CC3=C2C(=O)C(C)=CC3=O)ccc1O. The maximum Gasteiger partial charge on any atom is 0.233 e. The minimum Gasteiger partial charge on any atom is -0.504 e. The number of phenolic OH excluding ortho intramolecular Hbond substituents is 1. The normalized spacial score (nSPS) is 28.9. The van der Waals surface area contributed by atoms with Crippen LogP contribution in [0, 0.1) is 17.8 Å². The van der Waals surface area contributed by atoms with Crippen molar-refractivity contribution in [3.8, 4) is 11.5 Å². The number of hydrogen-bond acceptors (Lipinski definition) is 6. The van der Waals surface area contributed by atoms with Gasteiger partial charge in [-0.15, -0.1) is 0 Å². The molecule has 1 aromatic rings. The van der Waals surface area contributed by atoms with E-state index in [1.54, 1.807) is 19.1 Å². The molecule has 1 saturated heterocycles. The number of rotatable bonds is 3. The smallest absolute Gasteiger partial charge is 0.233 e. The second kappa shape index (κ2) is 7.54. The molecule has 7 heteroatoms. The summed E-state index contributed by atoms with van der Waals surface area (Å²) in [4.78, 5) is 53.2. The van der Waals surface area contributed by atoms with Crippen LogP contribution in [0.1, 0.15) is 38.2 Å². The van der Waals surface area contributed by atoms with Gasteiger partial charge in [-0.3, -0.25) is 24.1 Å². The van der Waals surface area contributed by atoms with Crippen molar-refractivity contribution >= 4 is 23.4 Å². The topological polar surface area (TPSA) is 101 Å². The molecule has 4 aliphatic rings. The number of ketones is 2. The first-order valence-electron chi connectivity index (χ1n) is 11.2. The lowest BCUT2D eigenvalue weighted by Crippen LogP contribution is -2.39. The number of phenols is 1. The first kappa shape index (κ1) is 21.4. The third kappa shape index (κ3) is 3.02. The predicted molar refractivity (Wildman–Crippen MR) is 118 cm³/mol. The Hall–Kier alpha value is -3.48. The first-order chi connectivity index (χ1) is 15.7. The highest BCUT2D eigenvalue weighted by Gasteiger charge is 2.55. The van der Waals surface area contributed by atoms with Crippen LogP contribution < -0.4 is 4.74 Å². The molecule has 1 N–H and O–H groups in total. The van der Waals surface area contributed by atoms with Crippen molar-refractivity contribution in [1.29, 1.82) is 0 Å². The molecule has 1 aromatic carbocycles. The molecule has 7 nitrogen and oxygen atoms in total. The summed E-state index contributed by atoms with van der Waals surface area (Å²) in [6.07, 6.45) is 4.01. The summed E-state index contributed by atoms with van der Waals surface area (Å²) in [5.41, 5.74) is 2.82. The van der Waals surface area contributed by atoms with E-state index >= 15 is 0 Å². The number of likely N-dealkylation sites (tertiary alicyclic amines) is 1. The van der Waals surface area contributed by atoms with Gasteiger partial charge in [-0.05, 0) is 56.4 Å². The van der Waals surface area contributed by atoms with E-state index in [9.17, 15) is 24.3 Å². The summed E-state index contributed by atoms with van der Waals surface area (Å²) in [5.74, 6) is -2.43. The molecular weight excluding hydrogens is 422 g/mol. The summed E-state index contributed by atoms with van der Waals surface area (Å²) in [7, 11) is 1.50. The predicted octanol–water partition coefficient (Wildman–Crippen LogP) is 2.85. The quantitative estimate of drug-likeness (QED) is 0.434. The number of carbonyl (C=O) groups is 4. The van der Waals surface area contributed by atoms with Gasteiger partial charge in [-0.1, -0.05) is 17.7 Å². The minimum atomic E-state index is -0.548. The molecule has 1 heterocycles. The first-order valence-corrected chi connectivity index (χ1v) is 11.2. The molecule has 1 fully saturated rings. The Balaban J connectivity index is 1.71. The number of hydrogen-bond donors (Lipinski definition) is 1. The summed E-state index contributed by atoms with van der Waals surface area (Å²) in [6.45, 7) is 3.80. The van der Waals surface area contributed by atoms with Crippen LogP contribution in [0.2, 0.25) is 0 Å². The molecule has 3 aliphatic carbocycles. The lowest BCUT2D eigenvalue weighted by molar-refractivity contribution is -0.138. The third-order valence-electron chi connectivity index (χ3n) is 7.40. The van der Waals surface area contributed by atoms with Gasteiger partial charge in [0, 0.05) is 29.7 Å². The number of benzene rings is 1. The Labute approximate surface area is 191 Å². The van der Waals surface area contributed by atoms with Gasteiger partial charge in [0.05, 0.1) is 18.4 Å². The van der Waals surface area contributed by atoms with Crippen molar-refractivity contribution in [1.82, 2.24) is 4.90 Å². The number of carbonyl (C=O) groups excluding carboxylic acids is 4. The number of nitrogens with zero attached hydrogens (tertiary/aromatic N) is 1. The van der Waals surface area contributed by atoms with Gasteiger partial charge < -0.3 is 9.84 Å². The molecule has 5 rings (SSSR count). The molecule has 0 saturated carbocycles. The largest absolute Gasteiger partial charge is 0.504 e. The molecule has 170 valence electrons. The van der Waals surface area contributed by atoms with Gasteiger partial charge in [-0.2, -0.15) is 0 Å². The minimum absolute atomic E-state index is 0.0137. The van der Waals surface area contributed by atoms with E-state index in [1.807, 2.05) is 13.0 Å². The van der Waals surface area contributed by atoms with Crippen LogP contribution in [0.3, 0.4) is 0 Å². The van der Waals surface area contributed by atoms with E-state index in [0.29, 0.717) is 41.1 Å². The van der Waals surface area contributed by atoms with E-state index in [4.69, 9.17) is 4.74 Å². The summed E-state index contributed by atoms with van der Waals surface area (Å²) in [5, 5.41) is 10.2. The van der Waals surface area contributed by atoms with E-state index in [-0.39, 0.29) is 41.5 Å². The van der Waals surface area contributed by atoms with Crippen LogP contribution in [-0.4, -0.2) is 47.0 Å². The number of imide groups is 1. The molecular formula is C26H25NO6. The molecule has 0 bridgehead atoms. The van der Waals surface area contributed by atoms with Gasteiger partial charge in [-0.25, -0.2) is 0 Å². The van der Waals surface area contributed by atoms with Gasteiger partial charge in [0.25, 0.3) is 0 Å². The summed E-state index contributed by atoms with van der Waals surface area (Å²) < 4.78 is 5.57. The zero-order valence-electron chi connectivity index (χ0n) is 18.8. The molecule has 2 amide bonds. The number of Topliss-reactive ketones (excluding diaryl/α,β-unsaturated/α-hetero) is 1. The van der Waals surface area contributed by atoms with E-state index in [1.165, 1.54) is 24.1 Å². The van der Waals surface area contributed by atoms with Crippen LogP contribution in [0.4, 0.5) is 0 Å². The number of ether oxygens (including phenoxy) is 1. The fourth-order valence-corrected chi connectivity index (χ4v) is 5.88. The van der Waals surface area contributed by atoms with Crippen LogP contribution in [0.25, 0.3) is 0 Å². The van der Waals surface area contributed by atoms with Gasteiger partial charge in [0.2, 0.25) is 11.8 Å². The fraction of sp³-hybridized carbons (Fsp3) is 0.385. The highest BCUT2D eigenvalue weighted by Crippen LogP contribution is 2.55. The van der Waals surface area contributed by atoms with Crippen LogP contribution in [-0.2, 0) is 19.2 Å². The lowest BCUT2D eigenvalue weighted by Gasteiger charge is -2.42. The molecule has 4 unspecified atom stereocenters. The number of aromatic hydroxyl groups is 1. The zero-order valence-corrected chi connectivity index (χ0v) is 18.8. The number of allylic oxidation sites excluding steroid dienone is 6. The van der Waals surface area contributed by atoms with E-state index in [2.05, 4.69) is 0 Å². The Morgan fingerprint density at radius 3 is 2.61 bits per heavy atom. The standard InChI is InChI=1S/C26H25NO6/c1-4-33-20-10-13(5-8-18(20)28)21-14-6-7-15-22(26(32)27(3)25(15)31)16(14)11-17-19(29)9-12(2)24(30)23(17)21/h5-6,8-10,15-16,21-22,28H,4,7,11H2,1-3H3. The van der Waals surface area contributed by atoms with Crippen molar-refractivity contribution in [2.75, 3.05) is 13.7 Å². The van der Waals surface area contributed by atoms with E-state index in [0.717, 1.165) is 5.57 Å². The Kier molecular flexibility index (Phi) is 4.88. The maximum absolute atomic E-state index is 13.3. The Morgan fingerprint density at radius 2 is 1.88 bits per heavy atom. The molecule has 1 aliphatic heterocycles. The van der Waals surface area contributed by atoms with Crippen LogP contribution in [0.15, 0.2) is 52.6 Å². The molecule has 4 atom stereocenters. The van der Waals surface area contributed by atoms with E-state index < -0.39 is 17.8 Å². The van der Waals surface area contributed by atoms with Crippen molar-refractivity contribution in [2.45, 2.75) is 32.6 Å². The lowest BCUT2D eigenvalue weighted by atomic mass is 9.59.